The molecule has 1 rings (SSSR count). The van der Waals surface area contributed by atoms with Crippen LogP contribution in [0.4, 0.5) is 0 Å². The molecule has 0 aromatic heterocycles. The molecule has 0 aliphatic rings. The van der Waals surface area contributed by atoms with Crippen molar-refractivity contribution in [2.45, 2.75) is 31.1 Å². The lowest BCUT2D eigenvalue weighted by atomic mass is 10.2. The van der Waals surface area contributed by atoms with Gasteiger partial charge in [-0.25, -0.2) is 0 Å². The van der Waals surface area contributed by atoms with Crippen LogP contribution in [-0.4, -0.2) is 35.8 Å². The fourth-order valence-corrected chi connectivity index (χ4v) is 1.99. The van der Waals surface area contributed by atoms with Crippen molar-refractivity contribution in [3.63, 3.8) is 0 Å². The molecule has 1 aromatic rings. The van der Waals surface area contributed by atoms with E-state index in [4.69, 9.17) is 0 Å². The van der Waals surface area contributed by atoms with Gasteiger partial charge in [-0.3, -0.25) is 4.79 Å². The molecule has 0 aliphatic carbocycles. The third-order valence-corrected chi connectivity index (χ3v) is 4.02. The van der Waals surface area contributed by atoms with Crippen LogP contribution in [0.3, 0.4) is 0 Å². The van der Waals surface area contributed by atoms with Gasteiger partial charge in [-0.1, -0.05) is 53.2 Å². The first-order chi connectivity index (χ1) is 9.13. The summed E-state index contributed by atoms with van der Waals surface area (Å²) in [4.78, 5) is 13.7. The number of nitrogens with zero attached hydrogens (tertiary/aromatic N) is 1. The third kappa shape index (κ3) is 6.73. The number of carbonyl (C=O) groups is 1. The minimum atomic E-state index is -0.0606. The zero-order valence-corrected chi connectivity index (χ0v) is 13.3. The molecule has 1 amide bonds. The number of nitrogens with one attached hydrogen (secondary N) is 1. The summed E-state index contributed by atoms with van der Waals surface area (Å²) in [5, 5.41) is 2.94. The Morgan fingerprint density at radius 2 is 2.05 bits per heavy atom. The highest BCUT2D eigenvalue weighted by atomic mass is 79.9. The number of benzene rings is 1. The van der Waals surface area contributed by atoms with E-state index in [-0.39, 0.29) is 10.7 Å². The number of hydrogen-bond donors (Lipinski definition) is 1. The van der Waals surface area contributed by atoms with E-state index >= 15 is 0 Å². The van der Waals surface area contributed by atoms with E-state index in [1.165, 1.54) is 5.56 Å². The lowest BCUT2D eigenvalue weighted by Crippen LogP contribution is -2.33. The van der Waals surface area contributed by atoms with E-state index < -0.39 is 0 Å². The number of alkyl halides is 1. The van der Waals surface area contributed by atoms with Gasteiger partial charge in [0.25, 0.3) is 0 Å². The zero-order valence-electron chi connectivity index (χ0n) is 11.7. The first-order valence-electron chi connectivity index (χ1n) is 6.77. The predicted molar refractivity (Wildman–Crippen MR) is 83.4 cm³/mol. The highest BCUT2D eigenvalue weighted by Crippen LogP contribution is 2.04. The van der Waals surface area contributed by atoms with E-state index in [1.807, 2.05) is 13.0 Å². The van der Waals surface area contributed by atoms with Crippen LogP contribution >= 0.6 is 15.9 Å². The molecule has 0 fully saturated rings. The van der Waals surface area contributed by atoms with Crippen LogP contribution in [0.2, 0.25) is 0 Å². The van der Waals surface area contributed by atoms with E-state index in [0.717, 1.165) is 32.5 Å². The van der Waals surface area contributed by atoms with Gasteiger partial charge in [-0.05, 0) is 32.0 Å². The van der Waals surface area contributed by atoms with Crippen molar-refractivity contribution in [1.82, 2.24) is 10.2 Å². The highest BCUT2D eigenvalue weighted by Gasteiger charge is 2.10. The summed E-state index contributed by atoms with van der Waals surface area (Å²) >= 11 is 3.35. The summed E-state index contributed by atoms with van der Waals surface area (Å²) in [6, 6.07) is 10.4. The topological polar surface area (TPSA) is 32.3 Å². The molecule has 1 N–H and O–H groups in total. The summed E-state index contributed by atoms with van der Waals surface area (Å²) < 4.78 is 0. The number of carbonyl (C=O) groups excluding carboxylic acids is 1. The fraction of sp³-hybridized carbons (Fsp3) is 0.533. The van der Waals surface area contributed by atoms with Crippen LogP contribution < -0.4 is 5.32 Å². The van der Waals surface area contributed by atoms with Crippen LogP contribution in [-0.2, 0) is 11.3 Å². The van der Waals surface area contributed by atoms with Gasteiger partial charge < -0.3 is 10.2 Å². The molecule has 4 heteroatoms. The van der Waals surface area contributed by atoms with Crippen LogP contribution in [0.15, 0.2) is 30.3 Å². The average molecular weight is 327 g/mol. The Morgan fingerprint density at radius 3 is 2.68 bits per heavy atom. The van der Waals surface area contributed by atoms with Gasteiger partial charge >= 0.3 is 0 Å². The summed E-state index contributed by atoms with van der Waals surface area (Å²) in [6.45, 7) is 4.66. The number of halogens is 1. The molecule has 1 atom stereocenters. The van der Waals surface area contributed by atoms with Crippen molar-refractivity contribution >= 4 is 21.8 Å². The maximum atomic E-state index is 11.5. The molecule has 0 aliphatic heterocycles. The summed E-state index contributed by atoms with van der Waals surface area (Å²) in [6.07, 6.45) is 1.79. The molecule has 0 saturated heterocycles. The van der Waals surface area contributed by atoms with Crippen molar-refractivity contribution in [2.75, 3.05) is 20.1 Å². The van der Waals surface area contributed by atoms with Gasteiger partial charge in [0.05, 0.1) is 4.83 Å². The molecule has 0 spiro atoms. The molecule has 1 unspecified atom stereocenters. The Bertz CT molecular complexity index is 370. The van der Waals surface area contributed by atoms with Gasteiger partial charge in [-0.15, -0.1) is 0 Å². The molecule has 1 aromatic carbocycles. The quantitative estimate of drug-likeness (QED) is 0.588. The highest BCUT2D eigenvalue weighted by molar-refractivity contribution is 9.10. The first kappa shape index (κ1) is 16.2. The lowest BCUT2D eigenvalue weighted by molar-refractivity contribution is -0.120. The van der Waals surface area contributed by atoms with E-state index in [2.05, 4.69) is 57.5 Å². The van der Waals surface area contributed by atoms with Crippen LogP contribution in [0, 0.1) is 0 Å². The summed E-state index contributed by atoms with van der Waals surface area (Å²) in [5.41, 5.74) is 1.32. The maximum absolute atomic E-state index is 11.5. The Balaban J connectivity index is 2.14. The molecule has 3 nitrogen and oxygen atoms in total. The molecule has 0 radical (unpaired) electrons. The average Bonchev–Trinajstić information content (AvgIpc) is 2.43. The minimum Gasteiger partial charge on any atom is -0.355 e. The van der Waals surface area contributed by atoms with Crippen molar-refractivity contribution in [3.8, 4) is 0 Å². The molecule has 19 heavy (non-hydrogen) atoms. The number of hydrogen-bond acceptors (Lipinski definition) is 2. The van der Waals surface area contributed by atoms with Crippen molar-refractivity contribution in [3.05, 3.63) is 35.9 Å². The normalized spacial score (nSPS) is 12.4. The number of rotatable bonds is 8. The second kappa shape index (κ2) is 9.10. The molecule has 0 heterocycles. The first-order valence-corrected chi connectivity index (χ1v) is 7.69. The summed E-state index contributed by atoms with van der Waals surface area (Å²) in [7, 11) is 2.11. The van der Waals surface area contributed by atoms with Gasteiger partial charge in [0.15, 0.2) is 0 Å². The van der Waals surface area contributed by atoms with Crippen molar-refractivity contribution in [1.29, 1.82) is 0 Å². The monoisotopic (exact) mass is 326 g/mol. The minimum absolute atomic E-state index is 0.0606. The Morgan fingerprint density at radius 1 is 1.37 bits per heavy atom. The van der Waals surface area contributed by atoms with Crippen LogP contribution in [0.5, 0.6) is 0 Å². The smallest absolute Gasteiger partial charge is 0.233 e. The zero-order chi connectivity index (χ0) is 14.1. The molecule has 106 valence electrons. The van der Waals surface area contributed by atoms with Crippen LogP contribution in [0.25, 0.3) is 0 Å². The lowest BCUT2D eigenvalue weighted by Gasteiger charge is -2.17. The molecular formula is C15H23BrN2O. The SMILES string of the molecule is CCC(Br)C(=O)NCCCN(C)Cc1ccccc1. The Hall–Kier alpha value is -0.870. The predicted octanol–water partition coefficient (Wildman–Crippen LogP) is 2.80. The Labute approximate surface area is 124 Å². The number of amides is 1. The van der Waals surface area contributed by atoms with Gasteiger partial charge in [0.2, 0.25) is 5.91 Å². The van der Waals surface area contributed by atoms with E-state index in [0.29, 0.717) is 0 Å². The fourth-order valence-electron chi connectivity index (χ4n) is 1.83. The summed E-state index contributed by atoms with van der Waals surface area (Å²) in [5.74, 6) is 0.0909. The molecular weight excluding hydrogens is 304 g/mol. The molecule has 0 bridgehead atoms. The standard InChI is InChI=1S/C15H23BrN2O/c1-3-14(16)15(19)17-10-7-11-18(2)12-13-8-5-4-6-9-13/h4-6,8-9,14H,3,7,10-12H2,1-2H3,(H,17,19). The third-order valence-electron chi connectivity index (χ3n) is 2.95. The largest absolute Gasteiger partial charge is 0.355 e. The van der Waals surface area contributed by atoms with Crippen molar-refractivity contribution in [2.24, 2.45) is 0 Å². The molecule has 0 saturated carbocycles. The Kier molecular flexibility index (Phi) is 7.75. The van der Waals surface area contributed by atoms with Gasteiger partial charge in [0, 0.05) is 13.1 Å². The van der Waals surface area contributed by atoms with E-state index in [9.17, 15) is 4.79 Å². The maximum Gasteiger partial charge on any atom is 0.233 e. The second-order valence-corrected chi connectivity index (χ2v) is 5.85. The van der Waals surface area contributed by atoms with Crippen LogP contribution in [0.1, 0.15) is 25.3 Å². The van der Waals surface area contributed by atoms with E-state index in [1.54, 1.807) is 0 Å². The second-order valence-electron chi connectivity index (χ2n) is 4.74. The van der Waals surface area contributed by atoms with Gasteiger partial charge in [0.1, 0.15) is 0 Å². The van der Waals surface area contributed by atoms with Crippen molar-refractivity contribution < 1.29 is 4.79 Å². The van der Waals surface area contributed by atoms with Gasteiger partial charge in [-0.2, -0.15) is 0 Å².